The molecule has 1 aromatic heterocycles. The molecule has 2 amide bonds. The number of aromatic nitrogens is 3. The quantitative estimate of drug-likeness (QED) is 0.0599. The Morgan fingerprint density at radius 1 is 0.927 bits per heavy atom. The number of anilines is 3. The van der Waals surface area contributed by atoms with E-state index in [0.29, 0.717) is 29.6 Å². The van der Waals surface area contributed by atoms with E-state index in [1.54, 1.807) is 12.1 Å². The highest BCUT2D eigenvalue weighted by molar-refractivity contribution is 6.36. The maximum absolute atomic E-state index is 13.8. The lowest BCUT2D eigenvalue weighted by Crippen LogP contribution is -2.44. The highest BCUT2D eigenvalue weighted by Gasteiger charge is 2.45. The fourth-order valence-corrected chi connectivity index (χ4v) is 5.38. The molecule has 13 nitrogen and oxygen atoms in total. The zero-order chi connectivity index (χ0) is 39.8. The van der Waals surface area contributed by atoms with Crippen molar-refractivity contribution in [2.24, 2.45) is 0 Å². The highest BCUT2D eigenvalue weighted by Crippen LogP contribution is 2.48. The fourth-order valence-electron chi connectivity index (χ4n) is 5.25. The number of Topliss-reactive ketones (excluding diaryl/α,β-unsaturated/α-hetero) is 1. The third-order valence-electron chi connectivity index (χ3n) is 8.28. The summed E-state index contributed by atoms with van der Waals surface area (Å²) in [6, 6.07) is 13.8. The molecule has 0 spiro atoms. The summed E-state index contributed by atoms with van der Waals surface area (Å²) < 4.78 is 75.4. The molecule has 1 saturated carbocycles. The van der Waals surface area contributed by atoms with E-state index in [2.05, 4.69) is 36.2 Å². The molecule has 4 aromatic rings. The summed E-state index contributed by atoms with van der Waals surface area (Å²) in [6.45, 7) is -1.85. The lowest BCUT2D eigenvalue weighted by molar-refractivity contribution is -0.154. The van der Waals surface area contributed by atoms with Crippen LogP contribution in [0.5, 0.6) is 6.01 Å². The number of ether oxygens (including phenoxy) is 2. The second-order valence-electron chi connectivity index (χ2n) is 12.3. The van der Waals surface area contributed by atoms with Crippen molar-refractivity contribution in [3.63, 3.8) is 0 Å². The predicted octanol–water partition coefficient (Wildman–Crippen LogP) is 5.57. The van der Waals surface area contributed by atoms with Crippen molar-refractivity contribution >= 4 is 52.8 Å². The van der Waals surface area contributed by atoms with Gasteiger partial charge in [-0.15, -0.1) is 0 Å². The van der Waals surface area contributed by atoms with E-state index in [-0.39, 0.29) is 48.8 Å². The number of hydrogen-bond acceptors (Lipinski definition) is 11. The maximum Gasteiger partial charge on any atom is 0.422 e. The first-order valence-corrected chi connectivity index (χ1v) is 17.0. The topological polar surface area (TPSA) is 174 Å². The molecule has 0 bridgehead atoms. The number of halogens is 6. The summed E-state index contributed by atoms with van der Waals surface area (Å²) >= 11 is 6.02. The van der Waals surface area contributed by atoms with Crippen LogP contribution in [0.3, 0.4) is 0 Å². The van der Waals surface area contributed by atoms with Crippen molar-refractivity contribution in [1.82, 2.24) is 25.6 Å². The number of rotatable bonds is 17. The first-order valence-electron chi connectivity index (χ1n) is 16.6. The Bertz CT molecular complexity index is 2030. The van der Waals surface area contributed by atoms with E-state index in [9.17, 15) is 41.1 Å². The maximum atomic E-state index is 13.8. The average Bonchev–Trinajstić information content (AvgIpc) is 3.93. The van der Waals surface area contributed by atoms with Gasteiger partial charge in [0.25, 0.3) is 11.8 Å². The molecule has 1 aliphatic rings. The molecule has 0 aliphatic heterocycles. The standard InChI is InChI=1S/C36H33ClF5N7O6/c1-54-31(53)27(14-17-43-30(52)28(50)13-5-20-2-10-24(38)18-26(20)39)45-29(51)21-3-11-25(12-4-21)44-32-46-33(48-34(47-32)55-19-36(40,41)42)49-35(15-16-35)22-6-8-23(37)9-7-22/h2-4,6-12,18,27H,5,13-17,19H2,1H3,(H,43,52)(H,45,51)(H2,44,46,47,48,49)/t27-/m0/s1. The van der Waals surface area contributed by atoms with Crippen LogP contribution in [0.2, 0.25) is 5.02 Å². The third-order valence-corrected chi connectivity index (χ3v) is 8.53. The van der Waals surface area contributed by atoms with E-state index in [1.165, 1.54) is 30.3 Å². The summed E-state index contributed by atoms with van der Waals surface area (Å²) in [6.07, 6.45) is -3.90. The largest absolute Gasteiger partial charge is 0.467 e. The molecular formula is C36H33ClF5N7O6. The molecule has 55 heavy (non-hydrogen) atoms. The Balaban J connectivity index is 1.19. The molecule has 1 heterocycles. The summed E-state index contributed by atoms with van der Waals surface area (Å²) in [5.74, 6) is -5.21. The fraction of sp³-hybridized carbons (Fsp3) is 0.306. The molecule has 1 atom stereocenters. The van der Waals surface area contributed by atoms with Gasteiger partial charge in [0.05, 0.1) is 12.6 Å². The van der Waals surface area contributed by atoms with Gasteiger partial charge in [-0.1, -0.05) is 29.8 Å². The number of carbonyl (C=O) groups excluding carboxylic acids is 4. The highest BCUT2D eigenvalue weighted by atomic mass is 35.5. The van der Waals surface area contributed by atoms with Crippen molar-refractivity contribution in [3.05, 3.63) is 100 Å². The molecule has 1 fully saturated rings. The van der Waals surface area contributed by atoms with Crippen molar-refractivity contribution in [3.8, 4) is 6.01 Å². The Labute approximate surface area is 315 Å². The SMILES string of the molecule is COC(=O)[C@H](CCNC(=O)C(=O)CCc1ccc(F)cc1F)NC(=O)c1ccc(Nc2nc(NC3(c4ccc(Cl)cc4)CC3)nc(OCC(F)(F)F)n2)cc1. The van der Waals surface area contributed by atoms with Crippen molar-refractivity contribution in [2.75, 3.05) is 30.9 Å². The van der Waals surface area contributed by atoms with E-state index in [1.807, 2.05) is 12.1 Å². The number of amides is 2. The number of alkyl halides is 3. The Morgan fingerprint density at radius 3 is 2.25 bits per heavy atom. The molecule has 1 aliphatic carbocycles. The predicted molar refractivity (Wildman–Crippen MR) is 188 cm³/mol. The van der Waals surface area contributed by atoms with Crippen LogP contribution in [0.15, 0.2) is 66.7 Å². The van der Waals surface area contributed by atoms with Gasteiger partial charge in [-0.2, -0.15) is 28.1 Å². The minimum atomic E-state index is -4.65. The first kappa shape index (κ1) is 40.3. The molecular weight excluding hydrogens is 757 g/mol. The molecule has 0 saturated heterocycles. The van der Waals surface area contributed by atoms with E-state index in [4.69, 9.17) is 21.1 Å². The van der Waals surface area contributed by atoms with Gasteiger partial charge in [0.1, 0.15) is 17.7 Å². The normalized spacial score (nSPS) is 13.6. The van der Waals surface area contributed by atoms with Gasteiger partial charge in [0.2, 0.25) is 17.7 Å². The summed E-state index contributed by atoms with van der Waals surface area (Å²) in [7, 11) is 1.10. The van der Waals surface area contributed by atoms with Crippen LogP contribution in [0, 0.1) is 11.6 Å². The summed E-state index contributed by atoms with van der Waals surface area (Å²) in [5.41, 5.74) is 0.791. The van der Waals surface area contributed by atoms with Crippen LogP contribution in [-0.2, 0) is 31.1 Å². The van der Waals surface area contributed by atoms with E-state index in [0.717, 1.165) is 18.7 Å². The lowest BCUT2D eigenvalue weighted by atomic mass is 10.1. The number of hydrogen-bond donors (Lipinski definition) is 4. The lowest BCUT2D eigenvalue weighted by Gasteiger charge is -2.19. The minimum absolute atomic E-state index is 0.0482. The number of aryl methyl sites for hydroxylation is 1. The molecule has 19 heteroatoms. The van der Waals surface area contributed by atoms with Gasteiger partial charge in [0, 0.05) is 35.3 Å². The van der Waals surface area contributed by atoms with Crippen molar-refractivity contribution < 1.29 is 50.6 Å². The number of esters is 1. The molecule has 5 rings (SSSR count). The van der Waals surface area contributed by atoms with Crippen LogP contribution in [0.1, 0.15) is 47.2 Å². The summed E-state index contributed by atoms with van der Waals surface area (Å²) in [4.78, 5) is 62.3. The van der Waals surface area contributed by atoms with Crippen molar-refractivity contribution in [2.45, 2.75) is 49.9 Å². The monoisotopic (exact) mass is 789 g/mol. The van der Waals surface area contributed by atoms with Crippen LogP contribution >= 0.6 is 11.6 Å². The number of carbonyl (C=O) groups is 4. The van der Waals surface area contributed by atoms with Gasteiger partial charge in [-0.05, 0) is 79.3 Å². The zero-order valence-corrected chi connectivity index (χ0v) is 29.7. The number of nitrogens with zero attached hydrogens (tertiary/aromatic N) is 3. The Hall–Kier alpha value is -5.91. The molecule has 4 N–H and O–H groups in total. The third kappa shape index (κ3) is 11.5. The molecule has 290 valence electrons. The molecule has 3 aromatic carbocycles. The minimum Gasteiger partial charge on any atom is -0.467 e. The Morgan fingerprint density at radius 2 is 1.62 bits per heavy atom. The average molecular weight is 790 g/mol. The second-order valence-corrected chi connectivity index (χ2v) is 12.8. The zero-order valence-electron chi connectivity index (χ0n) is 28.9. The number of ketones is 1. The first-order chi connectivity index (χ1) is 26.1. The molecule has 0 radical (unpaired) electrons. The van der Waals surface area contributed by atoms with Crippen LogP contribution in [0.25, 0.3) is 0 Å². The van der Waals surface area contributed by atoms with Gasteiger partial charge in [-0.3, -0.25) is 14.4 Å². The van der Waals surface area contributed by atoms with Crippen LogP contribution in [0.4, 0.5) is 39.5 Å². The van der Waals surface area contributed by atoms with E-state index >= 15 is 0 Å². The van der Waals surface area contributed by atoms with E-state index < -0.39 is 65.6 Å². The number of methoxy groups -OCH3 is 1. The van der Waals surface area contributed by atoms with Gasteiger partial charge in [0.15, 0.2) is 6.61 Å². The number of benzene rings is 3. The number of nitrogens with one attached hydrogen (secondary N) is 4. The van der Waals surface area contributed by atoms with Crippen LogP contribution < -0.4 is 26.0 Å². The summed E-state index contributed by atoms with van der Waals surface area (Å²) in [5, 5.41) is 11.4. The molecule has 0 unspecified atom stereocenters. The van der Waals surface area contributed by atoms with Crippen LogP contribution in [-0.4, -0.2) is 71.0 Å². The van der Waals surface area contributed by atoms with Gasteiger partial charge >= 0.3 is 18.2 Å². The van der Waals surface area contributed by atoms with Gasteiger partial charge < -0.3 is 30.7 Å². The van der Waals surface area contributed by atoms with Gasteiger partial charge in [-0.25, -0.2) is 13.6 Å². The Kier molecular flexibility index (Phi) is 12.8. The second kappa shape index (κ2) is 17.5. The smallest absolute Gasteiger partial charge is 0.422 e. The van der Waals surface area contributed by atoms with Crippen molar-refractivity contribution in [1.29, 1.82) is 0 Å².